The Labute approximate surface area is 82.8 Å². The number of fused-ring (bicyclic) bond motifs is 1. The van der Waals surface area contributed by atoms with Gasteiger partial charge < -0.3 is 4.74 Å². The van der Waals surface area contributed by atoms with Crippen molar-refractivity contribution in [1.82, 2.24) is 10.2 Å². The van der Waals surface area contributed by atoms with Crippen molar-refractivity contribution in [2.24, 2.45) is 0 Å². The first kappa shape index (κ1) is 9.45. The third kappa shape index (κ3) is 1.39. The number of halogens is 1. The minimum atomic E-state index is -0.746. The summed E-state index contributed by atoms with van der Waals surface area (Å²) in [5, 5.41) is 4.83. The average molecular weight is 210 g/mol. The normalized spacial score (nSPS) is 10.5. The summed E-state index contributed by atoms with van der Waals surface area (Å²) in [6, 6.07) is 2.09. The lowest BCUT2D eigenvalue weighted by Crippen LogP contribution is -2.08. The van der Waals surface area contributed by atoms with E-state index in [1.807, 2.05) is 0 Å². The maximum absolute atomic E-state index is 13.1. The number of aromatic nitrogens is 2. The number of esters is 1. The summed E-state index contributed by atoms with van der Waals surface area (Å²) in [7, 11) is 1.17. The van der Waals surface area contributed by atoms with Gasteiger partial charge in [0.1, 0.15) is 5.82 Å². The Kier molecular flexibility index (Phi) is 2.03. The Hall–Kier alpha value is -2.11. The molecule has 1 aromatic heterocycles. The smallest absolute Gasteiger partial charge is 0.338 e. The second kappa shape index (κ2) is 3.23. The molecule has 0 fully saturated rings. The van der Waals surface area contributed by atoms with Crippen molar-refractivity contribution < 1.29 is 13.9 Å². The van der Waals surface area contributed by atoms with Crippen molar-refractivity contribution in [3.63, 3.8) is 0 Å². The zero-order valence-corrected chi connectivity index (χ0v) is 7.76. The fourth-order valence-electron chi connectivity index (χ4n) is 1.41. The number of carbonyl (C=O) groups excluding carboxylic acids is 1. The fraction of sp³-hybridized carbons (Fsp3) is 0.111. The highest BCUT2D eigenvalue weighted by atomic mass is 19.1. The molecule has 0 atom stereocenters. The summed E-state index contributed by atoms with van der Waals surface area (Å²) in [4.78, 5) is 22.6. The highest BCUT2D eigenvalue weighted by molar-refractivity contribution is 6.03. The molecule has 15 heavy (non-hydrogen) atoms. The molecule has 0 unspecified atom stereocenters. The van der Waals surface area contributed by atoms with Gasteiger partial charge in [-0.15, -0.1) is 0 Å². The van der Waals surface area contributed by atoms with Crippen LogP contribution in [0.25, 0.3) is 10.9 Å². The largest absolute Gasteiger partial charge is 0.465 e. The predicted molar refractivity (Wildman–Crippen MR) is 50.2 cm³/mol. The molecule has 0 bridgehead atoms. The summed E-state index contributed by atoms with van der Waals surface area (Å²) in [5.74, 6) is -1.36. The van der Waals surface area contributed by atoms with Crippen LogP contribution in [0.1, 0.15) is 10.4 Å². The predicted octanol–water partition coefficient (Wildman–Crippen LogP) is 0.782. The summed E-state index contributed by atoms with van der Waals surface area (Å²) >= 11 is 0. The van der Waals surface area contributed by atoms with Gasteiger partial charge in [-0.3, -0.25) is 15.0 Å². The van der Waals surface area contributed by atoms with Crippen LogP contribution in [0.5, 0.6) is 0 Å². The molecule has 6 heteroatoms. The van der Waals surface area contributed by atoms with Crippen LogP contribution in [0.15, 0.2) is 16.9 Å². The van der Waals surface area contributed by atoms with E-state index in [0.29, 0.717) is 0 Å². The second-order valence-electron chi connectivity index (χ2n) is 2.95. The van der Waals surface area contributed by atoms with Crippen molar-refractivity contribution >= 4 is 16.9 Å². The van der Waals surface area contributed by atoms with Crippen LogP contribution in [-0.4, -0.2) is 23.3 Å². The molecule has 0 spiro atoms. The van der Waals surface area contributed by atoms with Gasteiger partial charge in [-0.2, -0.15) is 0 Å². The van der Waals surface area contributed by atoms with Gasteiger partial charge in [0.2, 0.25) is 0 Å². The fourth-order valence-corrected chi connectivity index (χ4v) is 1.41. The first-order valence-corrected chi connectivity index (χ1v) is 4.11. The van der Waals surface area contributed by atoms with E-state index < -0.39 is 17.3 Å². The first-order chi connectivity index (χ1) is 7.13. The molecule has 0 aliphatic rings. The number of carbonyl (C=O) groups is 1. The molecule has 2 rings (SSSR count). The van der Waals surface area contributed by atoms with Gasteiger partial charge in [0.05, 0.1) is 23.6 Å². The van der Waals surface area contributed by atoms with Crippen LogP contribution in [0, 0.1) is 5.82 Å². The Morgan fingerprint density at radius 3 is 2.80 bits per heavy atom. The van der Waals surface area contributed by atoms with Crippen LogP contribution in [0.4, 0.5) is 4.39 Å². The van der Waals surface area contributed by atoms with Crippen molar-refractivity contribution in [2.45, 2.75) is 0 Å². The zero-order chi connectivity index (χ0) is 11.0. The van der Waals surface area contributed by atoms with Gasteiger partial charge >= 0.3 is 5.97 Å². The number of aromatic amines is 2. The number of nitrogens with one attached hydrogen (secondary N) is 2. The molecular formula is C9H7FN2O3. The van der Waals surface area contributed by atoms with Gasteiger partial charge in [0, 0.05) is 0 Å². The van der Waals surface area contributed by atoms with E-state index in [1.54, 1.807) is 0 Å². The molecule has 2 aromatic rings. The molecule has 0 saturated heterocycles. The minimum absolute atomic E-state index is 0.0880. The van der Waals surface area contributed by atoms with Crippen molar-refractivity contribution in [3.8, 4) is 0 Å². The van der Waals surface area contributed by atoms with Gasteiger partial charge in [0.15, 0.2) is 0 Å². The molecule has 0 radical (unpaired) electrons. The zero-order valence-electron chi connectivity index (χ0n) is 7.76. The van der Waals surface area contributed by atoms with E-state index in [0.717, 1.165) is 12.1 Å². The monoisotopic (exact) mass is 210 g/mol. The third-order valence-electron chi connectivity index (χ3n) is 2.05. The van der Waals surface area contributed by atoms with Crippen LogP contribution in [0.3, 0.4) is 0 Å². The van der Waals surface area contributed by atoms with Crippen molar-refractivity contribution in [2.75, 3.05) is 7.11 Å². The minimum Gasteiger partial charge on any atom is -0.465 e. The van der Waals surface area contributed by atoms with Gasteiger partial charge in [-0.1, -0.05) is 0 Å². The molecule has 0 aliphatic heterocycles. The molecule has 0 saturated carbocycles. The van der Waals surface area contributed by atoms with Crippen LogP contribution in [0.2, 0.25) is 0 Å². The lowest BCUT2D eigenvalue weighted by Gasteiger charge is -1.99. The molecule has 0 aliphatic carbocycles. The highest BCUT2D eigenvalue weighted by Gasteiger charge is 2.16. The Balaban J connectivity index is 2.86. The van der Waals surface area contributed by atoms with Crippen LogP contribution >= 0.6 is 0 Å². The number of hydrogen-bond donors (Lipinski definition) is 2. The van der Waals surface area contributed by atoms with E-state index in [2.05, 4.69) is 14.9 Å². The average Bonchev–Trinajstić information content (AvgIpc) is 2.58. The lowest BCUT2D eigenvalue weighted by molar-refractivity contribution is 0.0602. The van der Waals surface area contributed by atoms with Crippen LogP contribution in [-0.2, 0) is 4.74 Å². The molecule has 1 aromatic carbocycles. The topological polar surface area (TPSA) is 75.0 Å². The Morgan fingerprint density at radius 1 is 1.40 bits per heavy atom. The standard InChI is InChI=1S/C9H7FN2O3/c1-15-9(14)5-2-4(10)3-6-7(5)8(13)12-11-6/h2-3H,1H3,(H2,11,12,13). The molecule has 2 N–H and O–H groups in total. The quantitative estimate of drug-likeness (QED) is 0.683. The SMILES string of the molecule is COC(=O)c1cc(F)cc2[nH][nH]c(=O)c12. The summed E-state index contributed by atoms with van der Waals surface area (Å²) < 4.78 is 17.5. The number of ether oxygens (including phenoxy) is 1. The van der Waals surface area contributed by atoms with Gasteiger partial charge in [0.25, 0.3) is 5.56 Å². The summed E-state index contributed by atoms with van der Waals surface area (Å²) in [6.45, 7) is 0. The van der Waals surface area contributed by atoms with E-state index in [9.17, 15) is 14.0 Å². The summed E-state index contributed by atoms with van der Waals surface area (Å²) in [6.07, 6.45) is 0. The Morgan fingerprint density at radius 2 is 2.13 bits per heavy atom. The number of hydrogen-bond acceptors (Lipinski definition) is 3. The number of benzene rings is 1. The van der Waals surface area contributed by atoms with Crippen molar-refractivity contribution in [3.05, 3.63) is 33.9 Å². The first-order valence-electron chi connectivity index (χ1n) is 4.11. The molecular weight excluding hydrogens is 203 g/mol. The van der Waals surface area contributed by atoms with E-state index in [1.165, 1.54) is 7.11 Å². The maximum atomic E-state index is 13.1. The van der Waals surface area contributed by atoms with E-state index in [-0.39, 0.29) is 16.5 Å². The van der Waals surface area contributed by atoms with E-state index in [4.69, 9.17) is 0 Å². The maximum Gasteiger partial charge on any atom is 0.338 e. The Bertz CT molecular complexity index is 585. The number of methoxy groups -OCH3 is 1. The third-order valence-corrected chi connectivity index (χ3v) is 2.05. The number of H-pyrrole nitrogens is 2. The van der Waals surface area contributed by atoms with Crippen molar-refractivity contribution in [1.29, 1.82) is 0 Å². The molecule has 1 heterocycles. The van der Waals surface area contributed by atoms with Gasteiger partial charge in [-0.25, -0.2) is 9.18 Å². The number of rotatable bonds is 1. The highest BCUT2D eigenvalue weighted by Crippen LogP contribution is 2.16. The molecule has 78 valence electrons. The second-order valence-corrected chi connectivity index (χ2v) is 2.95. The van der Waals surface area contributed by atoms with E-state index >= 15 is 0 Å². The van der Waals surface area contributed by atoms with Gasteiger partial charge in [-0.05, 0) is 12.1 Å². The molecule has 0 amide bonds. The molecule has 5 nitrogen and oxygen atoms in total. The lowest BCUT2D eigenvalue weighted by atomic mass is 10.1. The van der Waals surface area contributed by atoms with Crippen LogP contribution < -0.4 is 5.56 Å². The summed E-state index contributed by atoms with van der Waals surface area (Å²) in [5.41, 5.74) is -0.333.